The van der Waals surface area contributed by atoms with Crippen molar-refractivity contribution in [1.29, 1.82) is 0 Å². The fraction of sp³-hybridized carbons (Fsp3) is 0.222. The molecule has 0 radical (unpaired) electrons. The number of hydrogen-bond donors (Lipinski definition) is 1. The third-order valence-corrected chi connectivity index (χ3v) is 4.63. The van der Waals surface area contributed by atoms with Crippen LogP contribution in [0.3, 0.4) is 0 Å². The number of aromatic nitrogens is 2. The van der Waals surface area contributed by atoms with Crippen LogP contribution in [0, 0.1) is 6.92 Å². The lowest BCUT2D eigenvalue weighted by atomic mass is 10.2. The molecule has 0 bridgehead atoms. The van der Waals surface area contributed by atoms with E-state index in [1.165, 1.54) is 11.8 Å². The largest absolute Gasteiger partial charge is 0.467 e. The van der Waals surface area contributed by atoms with Gasteiger partial charge in [0, 0.05) is 12.4 Å². The van der Waals surface area contributed by atoms with E-state index in [1.54, 1.807) is 12.5 Å². The van der Waals surface area contributed by atoms with E-state index in [0.717, 1.165) is 22.2 Å². The number of imidazole rings is 1. The molecule has 0 aliphatic rings. The molecule has 124 valence electrons. The van der Waals surface area contributed by atoms with Gasteiger partial charge in [0.25, 0.3) is 0 Å². The first-order valence-corrected chi connectivity index (χ1v) is 8.68. The molecule has 0 saturated carbocycles. The summed E-state index contributed by atoms with van der Waals surface area (Å²) in [6.45, 7) is 3.96. The predicted molar refractivity (Wildman–Crippen MR) is 94.3 cm³/mol. The van der Waals surface area contributed by atoms with Gasteiger partial charge in [0.1, 0.15) is 5.76 Å². The van der Waals surface area contributed by atoms with Crippen LogP contribution in [-0.4, -0.2) is 21.2 Å². The summed E-state index contributed by atoms with van der Waals surface area (Å²) in [5.74, 6) is 0.992. The van der Waals surface area contributed by atoms with Crippen molar-refractivity contribution in [2.45, 2.75) is 25.0 Å². The summed E-state index contributed by atoms with van der Waals surface area (Å²) >= 11 is 1.41. The molecule has 1 atom stereocenters. The summed E-state index contributed by atoms with van der Waals surface area (Å²) < 4.78 is 7.30. The van der Waals surface area contributed by atoms with Crippen molar-refractivity contribution in [2.75, 3.05) is 5.75 Å². The molecule has 0 saturated heterocycles. The van der Waals surface area contributed by atoms with Crippen LogP contribution in [0.2, 0.25) is 0 Å². The first-order chi connectivity index (χ1) is 11.6. The molecule has 6 heteroatoms. The van der Waals surface area contributed by atoms with Crippen molar-refractivity contribution < 1.29 is 9.21 Å². The summed E-state index contributed by atoms with van der Waals surface area (Å²) in [6, 6.07) is 11.6. The number of carbonyl (C=O) groups is 1. The van der Waals surface area contributed by atoms with Gasteiger partial charge in [-0.15, -0.1) is 0 Å². The molecule has 0 spiro atoms. The summed E-state index contributed by atoms with van der Waals surface area (Å²) in [5.41, 5.74) is 2.23. The number of para-hydroxylation sites is 1. The highest BCUT2D eigenvalue weighted by molar-refractivity contribution is 7.99. The van der Waals surface area contributed by atoms with Gasteiger partial charge >= 0.3 is 0 Å². The molecule has 1 aromatic carbocycles. The Labute approximate surface area is 145 Å². The smallest absolute Gasteiger partial charge is 0.231 e. The minimum atomic E-state index is -0.149. The second-order valence-corrected chi connectivity index (χ2v) is 6.40. The first kappa shape index (κ1) is 16.4. The van der Waals surface area contributed by atoms with E-state index in [1.807, 2.05) is 48.0 Å². The number of furan rings is 1. The number of aryl methyl sites for hydroxylation is 1. The zero-order valence-corrected chi connectivity index (χ0v) is 14.4. The number of thioether (sulfide) groups is 1. The van der Waals surface area contributed by atoms with Crippen molar-refractivity contribution in [3.8, 4) is 5.69 Å². The van der Waals surface area contributed by atoms with Gasteiger partial charge in [-0.25, -0.2) is 4.98 Å². The Morgan fingerprint density at radius 3 is 2.92 bits per heavy atom. The number of carbonyl (C=O) groups excluding carboxylic acids is 1. The molecular formula is C18H19N3O2S. The van der Waals surface area contributed by atoms with Crippen molar-refractivity contribution in [2.24, 2.45) is 0 Å². The van der Waals surface area contributed by atoms with Crippen LogP contribution in [0.4, 0.5) is 0 Å². The first-order valence-electron chi connectivity index (χ1n) is 7.70. The molecule has 1 amide bonds. The molecular weight excluding hydrogens is 322 g/mol. The number of rotatable bonds is 6. The van der Waals surface area contributed by atoms with Crippen LogP contribution in [-0.2, 0) is 4.79 Å². The second kappa shape index (κ2) is 7.40. The maximum atomic E-state index is 12.1. The van der Waals surface area contributed by atoms with Crippen molar-refractivity contribution in [3.05, 3.63) is 66.4 Å². The molecule has 1 unspecified atom stereocenters. The second-order valence-electron chi connectivity index (χ2n) is 5.46. The van der Waals surface area contributed by atoms with E-state index in [9.17, 15) is 4.79 Å². The average Bonchev–Trinajstić information content (AvgIpc) is 3.25. The predicted octanol–water partition coefficient (Wildman–Crippen LogP) is 3.74. The van der Waals surface area contributed by atoms with E-state index < -0.39 is 0 Å². The molecule has 0 aliphatic carbocycles. The van der Waals surface area contributed by atoms with Crippen molar-refractivity contribution in [1.82, 2.24) is 14.9 Å². The van der Waals surface area contributed by atoms with E-state index >= 15 is 0 Å². The highest BCUT2D eigenvalue weighted by Crippen LogP contribution is 2.22. The zero-order chi connectivity index (χ0) is 16.9. The number of hydrogen-bond acceptors (Lipinski definition) is 4. The van der Waals surface area contributed by atoms with Gasteiger partial charge < -0.3 is 9.73 Å². The van der Waals surface area contributed by atoms with Crippen LogP contribution in [0.1, 0.15) is 24.3 Å². The summed E-state index contributed by atoms with van der Waals surface area (Å²) in [4.78, 5) is 16.5. The fourth-order valence-corrected chi connectivity index (χ4v) is 3.21. The van der Waals surface area contributed by atoms with Gasteiger partial charge in [-0.05, 0) is 37.6 Å². The van der Waals surface area contributed by atoms with E-state index in [2.05, 4.69) is 23.3 Å². The lowest BCUT2D eigenvalue weighted by molar-refractivity contribution is -0.119. The van der Waals surface area contributed by atoms with E-state index in [0.29, 0.717) is 5.75 Å². The lowest BCUT2D eigenvalue weighted by Gasteiger charge is -2.12. The number of benzene rings is 1. The Hall–Kier alpha value is -2.47. The molecule has 3 rings (SSSR count). The van der Waals surface area contributed by atoms with Gasteiger partial charge in [-0.1, -0.05) is 30.0 Å². The molecule has 0 fully saturated rings. The van der Waals surface area contributed by atoms with E-state index in [-0.39, 0.29) is 11.9 Å². The molecule has 2 heterocycles. The summed E-state index contributed by atoms with van der Waals surface area (Å²) in [5, 5.41) is 3.72. The molecule has 3 aromatic rings. The maximum Gasteiger partial charge on any atom is 0.231 e. The third-order valence-electron chi connectivity index (χ3n) is 3.66. The van der Waals surface area contributed by atoms with Crippen LogP contribution in [0.15, 0.2) is 64.6 Å². The van der Waals surface area contributed by atoms with Crippen LogP contribution >= 0.6 is 11.8 Å². The fourth-order valence-electron chi connectivity index (χ4n) is 2.44. The Morgan fingerprint density at radius 2 is 2.17 bits per heavy atom. The highest BCUT2D eigenvalue weighted by atomic mass is 32.2. The average molecular weight is 341 g/mol. The number of nitrogens with zero attached hydrogens (tertiary/aromatic N) is 2. The zero-order valence-electron chi connectivity index (χ0n) is 13.6. The standard InChI is InChI=1S/C18H19N3O2S/c1-13-6-3-4-7-15(13)21-10-9-19-18(21)24-12-17(22)20-14(2)16-8-5-11-23-16/h3-11,14H,12H2,1-2H3,(H,20,22). The van der Waals surface area contributed by atoms with Crippen molar-refractivity contribution >= 4 is 17.7 Å². The van der Waals surface area contributed by atoms with Crippen molar-refractivity contribution in [3.63, 3.8) is 0 Å². The third kappa shape index (κ3) is 3.71. The van der Waals surface area contributed by atoms with Crippen LogP contribution < -0.4 is 5.32 Å². The van der Waals surface area contributed by atoms with Gasteiger partial charge in [0.2, 0.25) is 5.91 Å². The summed E-state index contributed by atoms with van der Waals surface area (Å²) in [6.07, 6.45) is 5.26. The van der Waals surface area contributed by atoms with Gasteiger partial charge in [0.05, 0.1) is 23.7 Å². The minimum absolute atomic E-state index is 0.0526. The number of nitrogens with one attached hydrogen (secondary N) is 1. The molecule has 2 aromatic heterocycles. The monoisotopic (exact) mass is 341 g/mol. The Balaban J connectivity index is 1.63. The van der Waals surface area contributed by atoms with Gasteiger partial charge in [-0.3, -0.25) is 9.36 Å². The van der Waals surface area contributed by atoms with Crippen LogP contribution in [0.5, 0.6) is 0 Å². The minimum Gasteiger partial charge on any atom is -0.467 e. The SMILES string of the molecule is Cc1ccccc1-n1ccnc1SCC(=O)NC(C)c1ccco1. The summed E-state index contributed by atoms with van der Waals surface area (Å²) in [7, 11) is 0. The quantitative estimate of drug-likeness (QED) is 0.694. The van der Waals surface area contributed by atoms with E-state index in [4.69, 9.17) is 4.42 Å². The molecule has 0 aliphatic heterocycles. The number of amides is 1. The maximum absolute atomic E-state index is 12.1. The lowest BCUT2D eigenvalue weighted by Crippen LogP contribution is -2.28. The topological polar surface area (TPSA) is 60.1 Å². The Kier molecular flexibility index (Phi) is 5.05. The Morgan fingerprint density at radius 1 is 1.33 bits per heavy atom. The van der Waals surface area contributed by atoms with Gasteiger partial charge in [0.15, 0.2) is 5.16 Å². The molecule has 5 nitrogen and oxygen atoms in total. The normalized spacial score (nSPS) is 12.1. The molecule has 1 N–H and O–H groups in total. The van der Waals surface area contributed by atoms with Gasteiger partial charge in [-0.2, -0.15) is 0 Å². The molecule has 24 heavy (non-hydrogen) atoms. The Bertz CT molecular complexity index is 811. The highest BCUT2D eigenvalue weighted by Gasteiger charge is 2.14. The van der Waals surface area contributed by atoms with Crippen LogP contribution in [0.25, 0.3) is 5.69 Å².